The Morgan fingerprint density at radius 2 is 1.64 bits per heavy atom. The summed E-state index contributed by atoms with van der Waals surface area (Å²) in [5.41, 5.74) is 0. The van der Waals surface area contributed by atoms with Gasteiger partial charge < -0.3 is 0 Å². The van der Waals surface area contributed by atoms with E-state index in [1.807, 2.05) is 11.8 Å². The normalized spacial score (nSPS) is 19.9. The number of rotatable bonds is 3. The summed E-state index contributed by atoms with van der Waals surface area (Å²) in [5, 5.41) is 0. The number of thioether (sulfide) groups is 3. The molecule has 11 heavy (non-hydrogen) atoms. The molecule has 0 radical (unpaired) electrons. The zero-order valence-electron chi connectivity index (χ0n) is 6.62. The molecule has 0 saturated heterocycles. The fourth-order valence-electron chi connectivity index (χ4n) is 0.654. The van der Waals surface area contributed by atoms with Crippen LogP contribution in [0.15, 0.2) is 7.61 Å². The van der Waals surface area contributed by atoms with Gasteiger partial charge in [0.2, 0.25) is 0 Å². The van der Waals surface area contributed by atoms with Crippen LogP contribution in [0.5, 0.6) is 0 Å². The quantitative estimate of drug-likeness (QED) is 0.728. The second kappa shape index (κ2) is 5.54. The van der Waals surface area contributed by atoms with Gasteiger partial charge in [0.15, 0.2) is 0 Å². The zero-order valence-corrected chi connectivity index (χ0v) is 12.5. The van der Waals surface area contributed by atoms with Crippen LogP contribution >= 0.6 is 35.3 Å². The average molecular weight is 336 g/mol. The minimum absolute atomic E-state index is 0.731. The maximum atomic E-state index is 2.32. The summed E-state index contributed by atoms with van der Waals surface area (Å²) < 4.78 is 4.19. The topological polar surface area (TPSA) is 0 Å². The third-order valence-corrected chi connectivity index (χ3v) is 11.8. The van der Waals surface area contributed by atoms with E-state index in [4.69, 9.17) is 0 Å². The number of hydrogen-bond acceptors (Lipinski definition) is 3. The second-order valence-corrected chi connectivity index (χ2v) is 10.4. The van der Waals surface area contributed by atoms with E-state index in [1.54, 1.807) is 7.61 Å². The molecule has 0 bridgehead atoms. The van der Waals surface area contributed by atoms with Gasteiger partial charge >= 0.3 is 94.6 Å². The van der Waals surface area contributed by atoms with Crippen LogP contribution < -0.4 is 0 Å². The molecule has 64 valence electrons. The first-order valence-corrected chi connectivity index (χ1v) is 11.2. The summed E-state index contributed by atoms with van der Waals surface area (Å²) in [5.74, 6) is 4.65. The first-order valence-electron chi connectivity index (χ1n) is 3.00. The monoisotopic (exact) mass is 338 g/mol. The van der Waals surface area contributed by atoms with Crippen LogP contribution in [-0.4, -0.2) is 40.1 Å². The van der Waals surface area contributed by atoms with Crippen LogP contribution in [-0.2, 0) is 0 Å². The van der Waals surface area contributed by atoms with Crippen molar-refractivity contribution in [3.05, 3.63) is 7.61 Å². The minimum atomic E-state index is 0.731. The van der Waals surface area contributed by atoms with Crippen LogP contribution in [0.1, 0.15) is 0 Å². The van der Waals surface area contributed by atoms with Crippen LogP contribution in [0.25, 0.3) is 0 Å². The predicted octanol–water partition coefficient (Wildman–Crippen LogP) is 2.74. The zero-order chi connectivity index (χ0) is 8.27. The first-order chi connectivity index (χ1) is 5.31. The predicted molar refractivity (Wildman–Crippen MR) is 62.7 cm³/mol. The summed E-state index contributed by atoms with van der Waals surface area (Å²) in [4.78, 5) is 0. The molecule has 1 aliphatic heterocycles. The van der Waals surface area contributed by atoms with Gasteiger partial charge in [0.1, 0.15) is 0 Å². The molecule has 1 aliphatic rings. The second-order valence-electron chi connectivity index (χ2n) is 1.74. The van der Waals surface area contributed by atoms with Gasteiger partial charge in [0.05, 0.1) is 0 Å². The molecule has 0 aromatic heterocycles. The molecule has 0 aliphatic carbocycles. The van der Waals surface area contributed by atoms with Gasteiger partial charge in [-0.25, -0.2) is 0 Å². The number of hydrogen-bond donors (Lipinski definition) is 0. The Hall–Kier alpha value is 1.83. The molecule has 0 spiro atoms. The van der Waals surface area contributed by atoms with E-state index in [9.17, 15) is 0 Å². The summed E-state index contributed by atoms with van der Waals surface area (Å²) in [7, 11) is 0. The summed E-state index contributed by atoms with van der Waals surface area (Å²) >= 11 is 7.62. The molecular weight excluding hydrogens is 326 g/mol. The third-order valence-electron chi connectivity index (χ3n) is 1.14. The molecule has 0 atom stereocenters. The van der Waals surface area contributed by atoms with E-state index >= 15 is 0 Å². The van der Waals surface area contributed by atoms with Crippen molar-refractivity contribution in [1.29, 1.82) is 0 Å². The van der Waals surface area contributed by atoms with Crippen molar-refractivity contribution in [3.63, 3.8) is 0 Å². The molecule has 0 N–H and O–H groups in total. The van der Waals surface area contributed by atoms with Gasteiger partial charge in [0, 0.05) is 0 Å². The van der Waals surface area contributed by atoms with Gasteiger partial charge in [-0.1, -0.05) is 0 Å². The first kappa shape index (κ1) is 10.9. The Kier molecular flexibility index (Phi) is 5.49. The van der Waals surface area contributed by atoms with Crippen molar-refractivity contribution in [3.8, 4) is 0 Å². The summed E-state index contributed by atoms with van der Waals surface area (Å²) in [6.07, 6.45) is 2.20. The van der Waals surface area contributed by atoms with Gasteiger partial charge in [-0.2, -0.15) is 0 Å². The Bertz CT molecular complexity index is 153. The van der Waals surface area contributed by atoms with Crippen molar-refractivity contribution in [2.24, 2.45) is 0 Å². The van der Waals surface area contributed by atoms with Crippen molar-refractivity contribution >= 4 is 65.2 Å². The molecule has 0 saturated carbocycles. The maximum absolute atomic E-state index is 2.32. The Balaban J connectivity index is 2.56. The van der Waals surface area contributed by atoms with Crippen LogP contribution in [0, 0.1) is 0 Å². The van der Waals surface area contributed by atoms with Gasteiger partial charge in [-0.05, 0) is 0 Å². The Morgan fingerprint density at radius 1 is 1.18 bits per heavy atom. The fraction of sp³-hybridized carbons (Fsp3) is 0.667. The van der Waals surface area contributed by atoms with E-state index in [0.717, 1.165) is 33.8 Å². The van der Waals surface area contributed by atoms with Crippen LogP contribution in [0.3, 0.4) is 0 Å². The van der Waals surface area contributed by atoms with E-state index in [0.29, 0.717) is 0 Å². The Labute approximate surface area is 93.8 Å². The van der Waals surface area contributed by atoms with Crippen molar-refractivity contribution in [2.45, 2.75) is 15.6 Å². The van der Waals surface area contributed by atoms with E-state index in [-0.39, 0.29) is 0 Å². The van der Waals surface area contributed by atoms with Crippen LogP contribution in [0.4, 0.5) is 0 Å². The van der Waals surface area contributed by atoms with E-state index in [2.05, 4.69) is 41.4 Å². The molecule has 0 amide bonds. The fourth-order valence-corrected chi connectivity index (χ4v) is 11.9. The van der Waals surface area contributed by atoms with Gasteiger partial charge in [-0.3, -0.25) is 0 Å². The van der Waals surface area contributed by atoms with Gasteiger partial charge in [-0.15, -0.1) is 0 Å². The molecule has 5 heteroatoms. The van der Waals surface area contributed by atoms with Crippen molar-refractivity contribution in [1.82, 2.24) is 0 Å². The standard InChI is InChI=1S/C6H10S3Se2/c1-7-6-8-4(10-2)5(9-6)11-3/h6H,1-3H3. The molecule has 1 rings (SSSR count). The molecule has 0 unspecified atom stereocenters. The molecule has 0 nitrogen and oxygen atoms in total. The van der Waals surface area contributed by atoms with Gasteiger partial charge in [0.25, 0.3) is 0 Å². The summed E-state index contributed by atoms with van der Waals surface area (Å²) in [6.45, 7) is 0. The molecule has 0 fully saturated rings. The van der Waals surface area contributed by atoms with E-state index < -0.39 is 0 Å². The molecule has 0 aromatic rings. The third kappa shape index (κ3) is 2.91. The average Bonchev–Trinajstić information content (AvgIpc) is 2.46. The van der Waals surface area contributed by atoms with Crippen molar-refractivity contribution in [2.75, 3.05) is 6.26 Å². The van der Waals surface area contributed by atoms with Crippen molar-refractivity contribution < 1.29 is 0 Å². The molecule has 1 heterocycles. The SMILES string of the molecule is CSC1SC([Se]C)=C([Se]C)S1. The molecule has 0 aromatic carbocycles. The van der Waals surface area contributed by atoms with E-state index in [1.165, 1.54) is 0 Å². The van der Waals surface area contributed by atoms with Crippen LogP contribution in [0.2, 0.25) is 11.6 Å². The summed E-state index contributed by atoms with van der Waals surface area (Å²) in [6, 6.07) is 0. The molecular formula is C6H10S3Se2. The Morgan fingerprint density at radius 3 is 1.91 bits per heavy atom.